The Balaban J connectivity index is 1.59. The first-order valence-electron chi connectivity index (χ1n) is 9.30. The van der Waals surface area contributed by atoms with E-state index >= 15 is 0 Å². The van der Waals surface area contributed by atoms with Crippen molar-refractivity contribution in [1.82, 2.24) is 9.78 Å². The molecule has 0 fully saturated rings. The van der Waals surface area contributed by atoms with Crippen LogP contribution in [0.25, 0.3) is 10.8 Å². The van der Waals surface area contributed by atoms with Crippen LogP contribution >= 0.6 is 11.6 Å². The summed E-state index contributed by atoms with van der Waals surface area (Å²) >= 11 is 6.10. The summed E-state index contributed by atoms with van der Waals surface area (Å²) in [5.41, 5.74) is 0.758. The van der Waals surface area contributed by atoms with Gasteiger partial charge in [0.1, 0.15) is 12.3 Å². The maximum atomic E-state index is 12.7. The number of carbonyl (C=O) groups is 1. The zero-order chi connectivity index (χ0) is 21.1. The minimum Gasteiger partial charge on any atom is -0.455 e. The standard InChI is InChI=1S/C23H18ClN3O3/c1-15-18-9-5-6-10-19(18)23(29)27(26-15)14-22(28)25-20-13-16(24)11-12-21(20)30-17-7-3-2-4-8-17/h2-13H,14H2,1H3,(H,25,28). The highest BCUT2D eigenvalue weighted by molar-refractivity contribution is 6.31. The molecule has 3 aromatic carbocycles. The van der Waals surface area contributed by atoms with Crippen LogP contribution in [0.2, 0.25) is 5.02 Å². The average Bonchev–Trinajstić information content (AvgIpc) is 2.74. The molecule has 0 saturated heterocycles. The zero-order valence-electron chi connectivity index (χ0n) is 16.1. The quantitative estimate of drug-likeness (QED) is 0.504. The van der Waals surface area contributed by atoms with Gasteiger partial charge < -0.3 is 10.1 Å². The van der Waals surface area contributed by atoms with E-state index in [1.807, 2.05) is 42.5 Å². The Labute approximate surface area is 177 Å². The number of halogens is 1. The van der Waals surface area contributed by atoms with E-state index in [1.165, 1.54) is 0 Å². The second-order valence-corrected chi connectivity index (χ2v) is 7.13. The second kappa shape index (κ2) is 8.39. The summed E-state index contributed by atoms with van der Waals surface area (Å²) in [7, 11) is 0. The van der Waals surface area contributed by atoms with Crippen LogP contribution < -0.4 is 15.6 Å². The highest BCUT2D eigenvalue weighted by Crippen LogP contribution is 2.32. The van der Waals surface area contributed by atoms with Gasteiger partial charge in [-0.25, -0.2) is 4.68 Å². The number of benzene rings is 3. The number of para-hydroxylation sites is 1. The molecule has 150 valence electrons. The Morgan fingerprint density at radius 1 is 1.03 bits per heavy atom. The van der Waals surface area contributed by atoms with E-state index in [9.17, 15) is 9.59 Å². The lowest BCUT2D eigenvalue weighted by Gasteiger charge is -2.13. The highest BCUT2D eigenvalue weighted by atomic mass is 35.5. The molecule has 0 bridgehead atoms. The molecule has 0 aliphatic carbocycles. The van der Waals surface area contributed by atoms with Gasteiger partial charge in [0, 0.05) is 10.4 Å². The molecule has 30 heavy (non-hydrogen) atoms. The minimum atomic E-state index is -0.417. The molecule has 1 heterocycles. The molecule has 0 spiro atoms. The van der Waals surface area contributed by atoms with Gasteiger partial charge in [-0.05, 0) is 43.3 Å². The second-order valence-electron chi connectivity index (χ2n) is 6.70. The molecule has 6 nitrogen and oxygen atoms in total. The van der Waals surface area contributed by atoms with E-state index < -0.39 is 5.91 Å². The van der Waals surface area contributed by atoms with Crippen molar-refractivity contribution in [3.63, 3.8) is 0 Å². The van der Waals surface area contributed by atoms with E-state index in [2.05, 4.69) is 10.4 Å². The van der Waals surface area contributed by atoms with Gasteiger partial charge in [0.05, 0.1) is 16.8 Å². The number of amides is 1. The van der Waals surface area contributed by atoms with Crippen molar-refractivity contribution >= 4 is 34.0 Å². The minimum absolute atomic E-state index is 0.234. The van der Waals surface area contributed by atoms with Gasteiger partial charge in [-0.2, -0.15) is 5.10 Å². The summed E-state index contributed by atoms with van der Waals surface area (Å²) < 4.78 is 7.02. The summed E-state index contributed by atoms with van der Waals surface area (Å²) in [6.45, 7) is 1.57. The number of aryl methyl sites for hydroxylation is 1. The molecule has 0 aliphatic rings. The smallest absolute Gasteiger partial charge is 0.275 e. The van der Waals surface area contributed by atoms with E-state index in [0.29, 0.717) is 33.3 Å². The Morgan fingerprint density at radius 2 is 1.73 bits per heavy atom. The van der Waals surface area contributed by atoms with Crippen molar-refractivity contribution in [1.29, 1.82) is 0 Å². The highest BCUT2D eigenvalue weighted by Gasteiger charge is 2.14. The third-order valence-electron chi connectivity index (χ3n) is 4.53. The van der Waals surface area contributed by atoms with Gasteiger partial charge in [-0.15, -0.1) is 0 Å². The van der Waals surface area contributed by atoms with Gasteiger partial charge in [0.25, 0.3) is 5.56 Å². The van der Waals surface area contributed by atoms with Gasteiger partial charge in [0.2, 0.25) is 5.91 Å². The lowest BCUT2D eigenvalue weighted by Crippen LogP contribution is -2.30. The van der Waals surface area contributed by atoms with E-state index in [1.54, 1.807) is 37.3 Å². The first-order chi connectivity index (χ1) is 14.5. The lowest BCUT2D eigenvalue weighted by atomic mass is 10.1. The fourth-order valence-electron chi connectivity index (χ4n) is 3.14. The van der Waals surface area contributed by atoms with E-state index in [-0.39, 0.29) is 12.1 Å². The third-order valence-corrected chi connectivity index (χ3v) is 4.77. The molecule has 1 aromatic heterocycles. The van der Waals surface area contributed by atoms with Gasteiger partial charge in [-0.3, -0.25) is 9.59 Å². The van der Waals surface area contributed by atoms with Crippen LogP contribution in [0.3, 0.4) is 0 Å². The number of anilines is 1. The lowest BCUT2D eigenvalue weighted by molar-refractivity contribution is -0.117. The van der Waals surface area contributed by atoms with Gasteiger partial charge in [0.15, 0.2) is 5.75 Å². The molecular formula is C23H18ClN3O3. The van der Waals surface area contributed by atoms with Crippen LogP contribution in [0.15, 0.2) is 77.6 Å². The van der Waals surface area contributed by atoms with Crippen LogP contribution in [-0.2, 0) is 11.3 Å². The number of nitrogens with zero attached hydrogens (tertiary/aromatic N) is 2. The molecule has 4 aromatic rings. The first kappa shape index (κ1) is 19.7. The molecule has 0 aliphatic heterocycles. The Kier molecular flexibility index (Phi) is 5.50. The van der Waals surface area contributed by atoms with Crippen molar-refractivity contribution < 1.29 is 9.53 Å². The summed E-state index contributed by atoms with van der Waals surface area (Å²) in [5.74, 6) is 0.645. The summed E-state index contributed by atoms with van der Waals surface area (Å²) in [4.78, 5) is 25.4. The Bertz CT molecular complexity index is 1290. The Hall–Kier alpha value is -3.64. The van der Waals surface area contributed by atoms with Crippen LogP contribution in [0.5, 0.6) is 11.5 Å². The molecule has 0 atom stereocenters. The number of nitrogens with one attached hydrogen (secondary N) is 1. The SMILES string of the molecule is Cc1nn(CC(=O)Nc2cc(Cl)ccc2Oc2ccccc2)c(=O)c2ccccc12. The van der Waals surface area contributed by atoms with E-state index in [4.69, 9.17) is 16.3 Å². The topological polar surface area (TPSA) is 73.2 Å². The number of hydrogen-bond acceptors (Lipinski definition) is 4. The molecule has 0 radical (unpaired) electrons. The third kappa shape index (κ3) is 4.18. The van der Waals surface area contributed by atoms with Crippen LogP contribution in [0, 0.1) is 6.92 Å². The van der Waals surface area contributed by atoms with Crippen molar-refractivity contribution in [3.05, 3.63) is 93.9 Å². The maximum absolute atomic E-state index is 12.7. The predicted octanol–water partition coefficient (Wildman–Crippen LogP) is 4.79. The van der Waals surface area contributed by atoms with Crippen molar-refractivity contribution in [2.24, 2.45) is 0 Å². The zero-order valence-corrected chi connectivity index (χ0v) is 16.9. The first-order valence-corrected chi connectivity index (χ1v) is 9.68. The number of carbonyl (C=O) groups excluding carboxylic acids is 1. The summed E-state index contributed by atoms with van der Waals surface area (Å²) in [5, 5.41) is 8.78. The van der Waals surface area contributed by atoms with Crippen LogP contribution in [-0.4, -0.2) is 15.7 Å². The monoisotopic (exact) mass is 419 g/mol. The molecule has 0 unspecified atom stereocenters. The average molecular weight is 420 g/mol. The number of aromatic nitrogens is 2. The molecular weight excluding hydrogens is 402 g/mol. The Morgan fingerprint density at radius 3 is 2.50 bits per heavy atom. The maximum Gasteiger partial charge on any atom is 0.275 e. The van der Waals surface area contributed by atoms with Crippen LogP contribution in [0.4, 0.5) is 5.69 Å². The fraction of sp³-hybridized carbons (Fsp3) is 0.0870. The number of ether oxygens (including phenoxy) is 1. The normalized spacial score (nSPS) is 10.7. The number of fused-ring (bicyclic) bond motifs is 1. The fourth-order valence-corrected chi connectivity index (χ4v) is 3.31. The molecule has 4 rings (SSSR count). The van der Waals surface area contributed by atoms with Crippen molar-refractivity contribution in [3.8, 4) is 11.5 Å². The molecule has 0 saturated carbocycles. The van der Waals surface area contributed by atoms with Gasteiger partial charge >= 0.3 is 0 Å². The van der Waals surface area contributed by atoms with Crippen molar-refractivity contribution in [2.45, 2.75) is 13.5 Å². The van der Waals surface area contributed by atoms with Gasteiger partial charge in [-0.1, -0.05) is 48.0 Å². The predicted molar refractivity (Wildman–Crippen MR) is 117 cm³/mol. The summed E-state index contributed by atoms with van der Waals surface area (Å²) in [6, 6.07) is 21.3. The van der Waals surface area contributed by atoms with E-state index in [0.717, 1.165) is 10.1 Å². The molecule has 7 heteroatoms. The van der Waals surface area contributed by atoms with Crippen molar-refractivity contribution in [2.75, 3.05) is 5.32 Å². The number of hydrogen-bond donors (Lipinski definition) is 1. The number of rotatable bonds is 5. The summed E-state index contributed by atoms with van der Waals surface area (Å²) in [6.07, 6.45) is 0. The molecule has 1 amide bonds. The van der Waals surface area contributed by atoms with Crippen LogP contribution in [0.1, 0.15) is 5.69 Å². The molecule has 1 N–H and O–H groups in total. The largest absolute Gasteiger partial charge is 0.455 e.